The van der Waals surface area contributed by atoms with E-state index in [2.05, 4.69) is 10.8 Å². The first-order valence-corrected chi connectivity index (χ1v) is 5.59. The monoisotopic (exact) mass is 209 g/mol. The zero-order valence-corrected chi connectivity index (χ0v) is 9.33. The molecule has 0 aromatic heterocycles. The Labute approximate surface area is 91.5 Å². The molecule has 1 unspecified atom stereocenters. The second kappa shape index (κ2) is 5.18. The van der Waals surface area contributed by atoms with Gasteiger partial charge in [0.05, 0.1) is 0 Å². The summed E-state index contributed by atoms with van der Waals surface area (Å²) in [5.74, 6) is 1.90. The van der Waals surface area contributed by atoms with Crippen LogP contribution in [0.3, 0.4) is 0 Å². The summed E-state index contributed by atoms with van der Waals surface area (Å²) in [6, 6.07) is 0. The smallest absolute Gasteiger partial charge is 0.324 e. The Kier molecular flexibility index (Phi) is 4.16. The van der Waals surface area contributed by atoms with Crippen LogP contribution < -0.4 is 0 Å². The second-order valence-corrected chi connectivity index (χ2v) is 4.13. The van der Waals surface area contributed by atoms with E-state index in [0.29, 0.717) is 13.0 Å². The van der Waals surface area contributed by atoms with Crippen molar-refractivity contribution in [3.05, 3.63) is 0 Å². The first-order valence-electron chi connectivity index (χ1n) is 5.59. The first kappa shape index (κ1) is 12.1. The van der Waals surface area contributed by atoms with E-state index in [9.17, 15) is 9.90 Å². The third-order valence-electron chi connectivity index (χ3n) is 3.21. The minimum atomic E-state index is -0.682. The highest BCUT2D eigenvalue weighted by Gasteiger charge is 2.46. The van der Waals surface area contributed by atoms with Crippen molar-refractivity contribution in [2.75, 3.05) is 13.1 Å². The number of carboxylic acid groups (broad SMARTS) is 1. The molecule has 0 saturated carbocycles. The van der Waals surface area contributed by atoms with Crippen LogP contribution >= 0.6 is 0 Å². The number of aliphatic carboxylic acids is 1. The number of carboxylic acids is 1. The van der Waals surface area contributed by atoms with Crippen LogP contribution in [0.2, 0.25) is 0 Å². The van der Waals surface area contributed by atoms with E-state index in [0.717, 1.165) is 32.2 Å². The SMILES string of the molecule is C#CCCN1CCCC1(CCC)C(=O)O. The van der Waals surface area contributed by atoms with Gasteiger partial charge in [-0.15, -0.1) is 12.3 Å². The topological polar surface area (TPSA) is 40.5 Å². The van der Waals surface area contributed by atoms with Gasteiger partial charge < -0.3 is 5.11 Å². The van der Waals surface area contributed by atoms with Crippen molar-refractivity contribution >= 4 is 5.97 Å². The molecule has 3 nitrogen and oxygen atoms in total. The minimum absolute atomic E-state index is 0.633. The van der Waals surface area contributed by atoms with E-state index >= 15 is 0 Å². The molecule has 1 aliphatic heterocycles. The molecular weight excluding hydrogens is 190 g/mol. The van der Waals surface area contributed by atoms with Crippen molar-refractivity contribution in [2.45, 2.75) is 44.6 Å². The molecule has 1 rings (SSSR count). The predicted molar refractivity (Wildman–Crippen MR) is 59.5 cm³/mol. The van der Waals surface area contributed by atoms with Crippen LogP contribution in [0.25, 0.3) is 0 Å². The standard InChI is InChI=1S/C12H19NO2/c1-3-5-9-13-10-6-8-12(13,7-4-2)11(14)15/h1H,4-10H2,2H3,(H,14,15). The molecule has 1 N–H and O–H groups in total. The lowest BCUT2D eigenvalue weighted by Crippen LogP contribution is -2.50. The van der Waals surface area contributed by atoms with E-state index in [1.54, 1.807) is 0 Å². The number of hydrogen-bond donors (Lipinski definition) is 1. The van der Waals surface area contributed by atoms with Gasteiger partial charge in [0.15, 0.2) is 0 Å². The summed E-state index contributed by atoms with van der Waals surface area (Å²) < 4.78 is 0. The molecule has 1 fully saturated rings. The number of nitrogens with zero attached hydrogens (tertiary/aromatic N) is 1. The summed E-state index contributed by atoms with van der Waals surface area (Å²) in [5, 5.41) is 9.37. The highest BCUT2D eigenvalue weighted by molar-refractivity contribution is 5.79. The van der Waals surface area contributed by atoms with Crippen molar-refractivity contribution in [3.8, 4) is 12.3 Å². The van der Waals surface area contributed by atoms with E-state index < -0.39 is 11.5 Å². The van der Waals surface area contributed by atoms with Gasteiger partial charge in [0.25, 0.3) is 0 Å². The van der Waals surface area contributed by atoms with Gasteiger partial charge in [-0.2, -0.15) is 0 Å². The zero-order valence-electron chi connectivity index (χ0n) is 9.33. The molecule has 1 aliphatic rings. The molecule has 3 heteroatoms. The largest absolute Gasteiger partial charge is 0.480 e. The number of hydrogen-bond acceptors (Lipinski definition) is 2. The number of terminal acetylenes is 1. The summed E-state index contributed by atoms with van der Waals surface area (Å²) in [5.41, 5.74) is -0.633. The van der Waals surface area contributed by atoms with Crippen LogP contribution in [0.5, 0.6) is 0 Å². The summed E-state index contributed by atoms with van der Waals surface area (Å²) in [4.78, 5) is 13.4. The second-order valence-electron chi connectivity index (χ2n) is 4.13. The third kappa shape index (κ3) is 2.32. The minimum Gasteiger partial charge on any atom is -0.480 e. The van der Waals surface area contributed by atoms with Gasteiger partial charge in [0, 0.05) is 13.0 Å². The summed E-state index contributed by atoms with van der Waals surface area (Å²) in [6.07, 6.45) is 9.22. The Balaban J connectivity index is 2.76. The van der Waals surface area contributed by atoms with Gasteiger partial charge >= 0.3 is 5.97 Å². The summed E-state index contributed by atoms with van der Waals surface area (Å²) >= 11 is 0. The van der Waals surface area contributed by atoms with E-state index in [-0.39, 0.29) is 0 Å². The molecule has 0 amide bonds. The Morgan fingerprint density at radius 3 is 2.93 bits per heavy atom. The molecule has 0 aromatic rings. The average Bonchev–Trinajstić information content (AvgIpc) is 2.60. The van der Waals surface area contributed by atoms with Gasteiger partial charge in [0.1, 0.15) is 5.54 Å². The molecule has 0 radical (unpaired) electrons. The zero-order chi connectivity index (χ0) is 11.3. The van der Waals surface area contributed by atoms with Crippen molar-refractivity contribution in [1.82, 2.24) is 4.90 Å². The Bertz CT molecular complexity index is 269. The van der Waals surface area contributed by atoms with Crippen LogP contribution in [-0.4, -0.2) is 34.6 Å². The Hall–Kier alpha value is -1.01. The fourth-order valence-corrected chi connectivity index (χ4v) is 2.51. The van der Waals surface area contributed by atoms with Crippen LogP contribution in [0, 0.1) is 12.3 Å². The fraction of sp³-hybridized carbons (Fsp3) is 0.750. The molecule has 15 heavy (non-hydrogen) atoms. The maximum atomic E-state index is 11.4. The molecule has 0 aromatic carbocycles. The van der Waals surface area contributed by atoms with E-state index in [1.807, 2.05) is 6.92 Å². The lowest BCUT2D eigenvalue weighted by molar-refractivity contribution is -0.150. The van der Waals surface area contributed by atoms with Crippen LogP contribution in [0.1, 0.15) is 39.0 Å². The summed E-state index contributed by atoms with van der Waals surface area (Å²) in [7, 11) is 0. The highest BCUT2D eigenvalue weighted by atomic mass is 16.4. The lowest BCUT2D eigenvalue weighted by Gasteiger charge is -2.34. The van der Waals surface area contributed by atoms with Gasteiger partial charge in [-0.05, 0) is 25.8 Å². The average molecular weight is 209 g/mol. The molecule has 1 saturated heterocycles. The molecule has 0 spiro atoms. The molecular formula is C12H19NO2. The van der Waals surface area contributed by atoms with Gasteiger partial charge in [-0.1, -0.05) is 13.3 Å². The molecule has 84 valence electrons. The normalized spacial score (nSPS) is 26.4. The summed E-state index contributed by atoms with van der Waals surface area (Å²) in [6.45, 7) is 3.61. The molecule has 0 aliphatic carbocycles. The van der Waals surface area contributed by atoms with Crippen molar-refractivity contribution < 1.29 is 9.90 Å². The van der Waals surface area contributed by atoms with Crippen LogP contribution in [0.15, 0.2) is 0 Å². The lowest BCUT2D eigenvalue weighted by atomic mass is 9.90. The number of rotatable bonds is 5. The van der Waals surface area contributed by atoms with Crippen molar-refractivity contribution in [3.63, 3.8) is 0 Å². The highest BCUT2D eigenvalue weighted by Crippen LogP contribution is 2.33. The van der Waals surface area contributed by atoms with Crippen LogP contribution in [0.4, 0.5) is 0 Å². The molecule has 1 atom stereocenters. The number of likely N-dealkylation sites (tertiary alicyclic amines) is 1. The number of carbonyl (C=O) groups is 1. The Morgan fingerprint density at radius 1 is 1.67 bits per heavy atom. The van der Waals surface area contributed by atoms with E-state index in [1.165, 1.54) is 0 Å². The van der Waals surface area contributed by atoms with Gasteiger partial charge in [-0.3, -0.25) is 9.69 Å². The fourth-order valence-electron chi connectivity index (χ4n) is 2.51. The van der Waals surface area contributed by atoms with Gasteiger partial charge in [-0.25, -0.2) is 0 Å². The quantitative estimate of drug-likeness (QED) is 0.701. The Morgan fingerprint density at radius 2 is 2.40 bits per heavy atom. The molecule has 0 bridgehead atoms. The van der Waals surface area contributed by atoms with Gasteiger partial charge in [0.2, 0.25) is 0 Å². The van der Waals surface area contributed by atoms with Crippen molar-refractivity contribution in [2.24, 2.45) is 0 Å². The molecule has 1 heterocycles. The first-order chi connectivity index (χ1) is 7.17. The van der Waals surface area contributed by atoms with Crippen molar-refractivity contribution in [1.29, 1.82) is 0 Å². The van der Waals surface area contributed by atoms with Crippen LogP contribution in [-0.2, 0) is 4.79 Å². The van der Waals surface area contributed by atoms with E-state index in [4.69, 9.17) is 6.42 Å². The maximum Gasteiger partial charge on any atom is 0.324 e. The predicted octanol–water partition coefficient (Wildman–Crippen LogP) is 1.73. The third-order valence-corrected chi connectivity index (χ3v) is 3.21. The maximum absolute atomic E-state index is 11.4.